The number of sulfone groups is 1. The zero-order valence-electron chi connectivity index (χ0n) is 22.7. The third-order valence-corrected chi connectivity index (χ3v) is 11.0. The van der Waals surface area contributed by atoms with Crippen molar-refractivity contribution in [2.24, 2.45) is 5.92 Å². The first-order valence-corrected chi connectivity index (χ1v) is 16.6. The van der Waals surface area contributed by atoms with Gasteiger partial charge in [-0.25, -0.2) is 22.2 Å². The molecule has 1 unspecified atom stereocenters. The molecule has 2 aromatic carbocycles. The van der Waals surface area contributed by atoms with Gasteiger partial charge in [0.25, 0.3) is 5.92 Å². The van der Waals surface area contributed by atoms with Crippen LogP contribution >= 0.6 is 23.2 Å². The average molecular weight is 628 g/mol. The summed E-state index contributed by atoms with van der Waals surface area (Å²) in [4.78, 5) is 12.8. The van der Waals surface area contributed by atoms with Crippen molar-refractivity contribution in [2.45, 2.75) is 48.8 Å². The van der Waals surface area contributed by atoms with Crippen LogP contribution < -0.4 is 4.90 Å². The van der Waals surface area contributed by atoms with Crippen LogP contribution in [0.5, 0.6) is 0 Å². The van der Waals surface area contributed by atoms with E-state index < -0.39 is 15.8 Å². The molecule has 3 heterocycles. The number of aromatic nitrogens is 2. The molecule has 222 valence electrons. The van der Waals surface area contributed by atoms with Crippen molar-refractivity contribution in [1.82, 2.24) is 14.9 Å². The number of rotatable bonds is 9. The smallest absolute Gasteiger partial charge is 0.251 e. The first kappa shape index (κ1) is 29.1. The van der Waals surface area contributed by atoms with Gasteiger partial charge in [-0.3, -0.25) is 4.90 Å². The summed E-state index contributed by atoms with van der Waals surface area (Å²) >= 11 is 13.5. The fourth-order valence-corrected chi connectivity index (χ4v) is 8.23. The lowest BCUT2D eigenvalue weighted by atomic mass is 9.94. The number of benzene rings is 2. The number of halogens is 4. The molecule has 1 atom stereocenters. The molecule has 3 fully saturated rings. The molecule has 6 rings (SSSR count). The summed E-state index contributed by atoms with van der Waals surface area (Å²) < 4.78 is 58.8. The summed E-state index contributed by atoms with van der Waals surface area (Å²) in [6, 6.07) is 8.89. The van der Waals surface area contributed by atoms with E-state index in [4.69, 9.17) is 32.9 Å². The second-order valence-electron chi connectivity index (χ2n) is 11.5. The quantitative estimate of drug-likeness (QED) is 0.307. The Hall–Kier alpha value is -1.98. The number of nitrogens with zero attached hydrogens (tertiary/aromatic N) is 3. The van der Waals surface area contributed by atoms with Crippen LogP contribution in [0.4, 0.5) is 14.5 Å². The Morgan fingerprint density at radius 2 is 1.76 bits per heavy atom. The van der Waals surface area contributed by atoms with E-state index in [0.29, 0.717) is 50.7 Å². The minimum absolute atomic E-state index is 0.155. The summed E-state index contributed by atoms with van der Waals surface area (Å²) in [6.07, 6.45) is 2.20. The van der Waals surface area contributed by atoms with Crippen molar-refractivity contribution in [1.29, 1.82) is 0 Å². The first-order chi connectivity index (χ1) is 19.6. The van der Waals surface area contributed by atoms with Crippen LogP contribution in [-0.4, -0.2) is 80.9 Å². The fraction of sp³-hybridized carbons (Fsp3) is 0.552. The molecule has 0 spiro atoms. The Kier molecular flexibility index (Phi) is 8.24. The Morgan fingerprint density at radius 1 is 1.07 bits per heavy atom. The maximum atomic E-state index is 13.8. The summed E-state index contributed by atoms with van der Waals surface area (Å²) in [5.74, 6) is -1.66. The third-order valence-electron chi connectivity index (χ3n) is 8.44. The minimum Gasteiger partial charge on any atom is -0.379 e. The number of morpholine rings is 1. The SMILES string of the molecule is O=S(=O)(CC1CC1)c1ccc(C(CCN2CCOCC2)c2nc3cc(Cl)c(N4CCC(F)(F)CC4)c(Cl)c3[nH]2)cc1. The van der Waals surface area contributed by atoms with Crippen molar-refractivity contribution in [3.63, 3.8) is 0 Å². The van der Waals surface area contributed by atoms with E-state index in [1.807, 2.05) is 17.0 Å². The van der Waals surface area contributed by atoms with Crippen LogP contribution in [0.3, 0.4) is 0 Å². The molecular weight excluding hydrogens is 593 g/mol. The molecule has 1 aromatic heterocycles. The topological polar surface area (TPSA) is 78.5 Å². The predicted molar refractivity (Wildman–Crippen MR) is 157 cm³/mol. The summed E-state index contributed by atoms with van der Waals surface area (Å²) in [5, 5.41) is 0.741. The Bertz CT molecular complexity index is 1500. The number of ether oxygens (including phenoxy) is 1. The third kappa shape index (κ3) is 6.51. The van der Waals surface area contributed by atoms with Gasteiger partial charge in [0, 0.05) is 44.9 Å². The lowest BCUT2D eigenvalue weighted by Gasteiger charge is -2.34. The molecule has 3 aromatic rings. The van der Waals surface area contributed by atoms with Crippen molar-refractivity contribution in [2.75, 3.05) is 56.6 Å². The van der Waals surface area contributed by atoms with Gasteiger partial charge in [0.1, 0.15) is 5.82 Å². The summed E-state index contributed by atoms with van der Waals surface area (Å²) in [7, 11) is -3.32. The van der Waals surface area contributed by atoms with Crippen molar-refractivity contribution >= 4 is 49.8 Å². The number of anilines is 1. The fourth-order valence-electron chi connectivity index (χ4n) is 5.80. The molecule has 1 N–H and O–H groups in total. The van der Waals surface area contributed by atoms with Gasteiger partial charge in [-0.05, 0) is 55.5 Å². The standard InChI is InChI=1S/C29H34Cl2F2N4O3S/c30-23-17-24-26(25(31)27(23)37-11-8-29(32,33)9-12-37)35-28(34-24)22(7-10-36-13-15-40-16-14-36)20-3-5-21(6-4-20)41(38,39)18-19-1-2-19/h3-6,17,19,22H,1-2,7-16,18H2,(H,34,35). The van der Waals surface area contributed by atoms with E-state index in [1.54, 1.807) is 18.2 Å². The predicted octanol–water partition coefficient (Wildman–Crippen LogP) is 6.14. The Balaban J connectivity index is 1.32. The summed E-state index contributed by atoms with van der Waals surface area (Å²) in [5.41, 5.74) is 2.70. The maximum Gasteiger partial charge on any atom is 0.251 e. The van der Waals surface area contributed by atoms with Gasteiger partial charge in [0.2, 0.25) is 0 Å². The zero-order valence-corrected chi connectivity index (χ0v) is 25.0. The van der Waals surface area contributed by atoms with Crippen LogP contribution in [0.1, 0.15) is 49.4 Å². The molecule has 0 radical (unpaired) electrons. The van der Waals surface area contributed by atoms with E-state index in [2.05, 4.69) is 9.88 Å². The van der Waals surface area contributed by atoms with Gasteiger partial charge in [0.05, 0.1) is 50.6 Å². The number of hydrogen-bond acceptors (Lipinski definition) is 6. The molecule has 2 aliphatic heterocycles. The van der Waals surface area contributed by atoms with Crippen LogP contribution in [-0.2, 0) is 14.6 Å². The van der Waals surface area contributed by atoms with Crippen molar-refractivity contribution in [3.8, 4) is 0 Å². The lowest BCUT2D eigenvalue weighted by Crippen LogP contribution is -2.39. The van der Waals surface area contributed by atoms with E-state index >= 15 is 0 Å². The molecule has 1 aliphatic carbocycles. The molecule has 1 saturated carbocycles. The van der Waals surface area contributed by atoms with Crippen LogP contribution in [0.15, 0.2) is 35.2 Å². The Labute approximate surface area is 249 Å². The highest BCUT2D eigenvalue weighted by atomic mass is 35.5. The van der Waals surface area contributed by atoms with Gasteiger partial charge in [-0.1, -0.05) is 35.3 Å². The van der Waals surface area contributed by atoms with Crippen LogP contribution in [0, 0.1) is 5.92 Å². The largest absolute Gasteiger partial charge is 0.379 e. The molecular formula is C29H34Cl2F2N4O3S. The number of alkyl halides is 2. The minimum atomic E-state index is -3.32. The van der Waals surface area contributed by atoms with Crippen molar-refractivity contribution in [3.05, 3.63) is 51.8 Å². The Morgan fingerprint density at radius 3 is 2.41 bits per heavy atom. The number of hydrogen-bond donors (Lipinski definition) is 1. The first-order valence-electron chi connectivity index (χ1n) is 14.2. The van der Waals surface area contributed by atoms with Crippen LogP contribution in [0.2, 0.25) is 10.0 Å². The van der Waals surface area contributed by atoms with E-state index in [9.17, 15) is 17.2 Å². The van der Waals surface area contributed by atoms with Gasteiger partial charge < -0.3 is 14.6 Å². The molecule has 7 nitrogen and oxygen atoms in total. The number of aromatic amines is 1. The van der Waals surface area contributed by atoms with E-state index in [0.717, 1.165) is 44.5 Å². The number of imidazole rings is 1. The number of H-pyrrole nitrogens is 1. The molecule has 41 heavy (non-hydrogen) atoms. The monoisotopic (exact) mass is 626 g/mol. The average Bonchev–Trinajstić information content (AvgIpc) is 3.65. The number of piperidine rings is 1. The normalized spacial score (nSPS) is 20.9. The molecule has 2 saturated heterocycles. The van der Waals surface area contributed by atoms with Gasteiger partial charge >= 0.3 is 0 Å². The van der Waals surface area contributed by atoms with Crippen LogP contribution in [0.25, 0.3) is 11.0 Å². The van der Waals surface area contributed by atoms with Gasteiger partial charge in [-0.2, -0.15) is 0 Å². The number of nitrogens with one attached hydrogen (secondary N) is 1. The second-order valence-corrected chi connectivity index (χ2v) is 14.3. The van der Waals surface area contributed by atoms with E-state index in [-0.39, 0.29) is 43.5 Å². The zero-order chi connectivity index (χ0) is 28.8. The lowest BCUT2D eigenvalue weighted by molar-refractivity contribution is -0.0220. The number of fused-ring (bicyclic) bond motifs is 1. The highest BCUT2D eigenvalue weighted by Crippen LogP contribution is 2.43. The second kappa shape index (κ2) is 11.6. The highest BCUT2D eigenvalue weighted by molar-refractivity contribution is 7.91. The van der Waals surface area contributed by atoms with Crippen molar-refractivity contribution < 1.29 is 21.9 Å². The molecule has 0 amide bonds. The molecule has 0 bridgehead atoms. The highest BCUT2D eigenvalue weighted by Gasteiger charge is 2.36. The van der Waals surface area contributed by atoms with Gasteiger partial charge in [-0.15, -0.1) is 0 Å². The van der Waals surface area contributed by atoms with Gasteiger partial charge in [0.15, 0.2) is 9.84 Å². The molecule has 3 aliphatic rings. The summed E-state index contributed by atoms with van der Waals surface area (Å²) in [6.45, 7) is 4.24. The molecule has 12 heteroatoms. The maximum absolute atomic E-state index is 13.8. The van der Waals surface area contributed by atoms with E-state index in [1.165, 1.54) is 0 Å².